The average molecular weight is 407 g/mol. The second kappa shape index (κ2) is 6.81. The number of carbonyl (C=O) groups is 1. The van der Waals surface area contributed by atoms with Gasteiger partial charge in [-0.05, 0) is 19.1 Å². The van der Waals surface area contributed by atoms with Crippen LogP contribution < -0.4 is 0 Å². The van der Waals surface area contributed by atoms with Crippen molar-refractivity contribution in [1.29, 1.82) is 0 Å². The van der Waals surface area contributed by atoms with Crippen molar-refractivity contribution < 1.29 is 9.21 Å². The molecule has 3 aromatic heterocycles. The molecule has 0 unspecified atom stereocenters. The summed E-state index contributed by atoms with van der Waals surface area (Å²) in [5.74, 6) is 0.841. The number of imidazole rings is 1. The van der Waals surface area contributed by atoms with Crippen molar-refractivity contribution in [1.82, 2.24) is 24.8 Å². The monoisotopic (exact) mass is 407 g/mol. The van der Waals surface area contributed by atoms with Crippen LogP contribution in [0.2, 0.25) is 0 Å². The molecule has 1 N–H and O–H groups in total. The Morgan fingerprint density at radius 3 is 2.90 bits per heavy atom. The minimum atomic E-state index is -0.345. The third-order valence-electron chi connectivity index (χ3n) is 5.23. The van der Waals surface area contributed by atoms with Crippen LogP contribution >= 0.6 is 11.3 Å². The fourth-order valence-corrected chi connectivity index (χ4v) is 4.83. The Morgan fingerprint density at radius 2 is 2.14 bits per heavy atom. The lowest BCUT2D eigenvalue weighted by Gasteiger charge is -2.33. The zero-order valence-corrected chi connectivity index (χ0v) is 17.3. The second-order valence-corrected chi connectivity index (χ2v) is 8.62. The molecule has 0 spiro atoms. The lowest BCUT2D eigenvalue weighted by atomic mass is 10.0. The zero-order chi connectivity index (χ0) is 20.1. The number of amides is 1. The summed E-state index contributed by atoms with van der Waals surface area (Å²) in [5.41, 5.74) is 3.45. The first-order valence-electron chi connectivity index (χ1n) is 9.69. The topological polar surface area (TPSA) is 87.9 Å². The lowest BCUT2D eigenvalue weighted by Crippen LogP contribution is -2.40. The van der Waals surface area contributed by atoms with Crippen LogP contribution in [0.15, 0.2) is 35.0 Å². The van der Waals surface area contributed by atoms with Crippen LogP contribution in [-0.4, -0.2) is 37.3 Å². The van der Waals surface area contributed by atoms with Crippen molar-refractivity contribution in [2.24, 2.45) is 0 Å². The Balaban J connectivity index is 1.60. The molecule has 1 atom stereocenters. The molecule has 0 saturated carbocycles. The molecule has 5 rings (SSSR count). The maximum atomic E-state index is 13.5. The summed E-state index contributed by atoms with van der Waals surface area (Å²) in [6.07, 6.45) is 2.40. The Morgan fingerprint density at radius 1 is 1.31 bits per heavy atom. The number of fused-ring (bicyclic) bond motifs is 2. The molecule has 0 saturated heterocycles. The fourth-order valence-electron chi connectivity index (χ4n) is 3.75. The third kappa shape index (κ3) is 2.95. The molecule has 148 valence electrons. The van der Waals surface area contributed by atoms with Gasteiger partial charge in [0, 0.05) is 24.6 Å². The van der Waals surface area contributed by atoms with E-state index in [1.165, 1.54) is 0 Å². The smallest absolute Gasteiger partial charge is 0.292 e. The average Bonchev–Trinajstić information content (AvgIpc) is 3.43. The molecule has 0 bridgehead atoms. The highest BCUT2D eigenvalue weighted by atomic mass is 32.1. The van der Waals surface area contributed by atoms with Crippen molar-refractivity contribution in [2.75, 3.05) is 6.54 Å². The van der Waals surface area contributed by atoms with Gasteiger partial charge >= 0.3 is 0 Å². The van der Waals surface area contributed by atoms with E-state index in [1.54, 1.807) is 17.7 Å². The Bertz CT molecular complexity index is 1170. The molecule has 0 aliphatic carbocycles. The molecule has 4 heterocycles. The van der Waals surface area contributed by atoms with Gasteiger partial charge in [-0.2, -0.15) is 0 Å². The largest absolute Gasteiger partial charge is 0.435 e. The first kappa shape index (κ1) is 18.1. The van der Waals surface area contributed by atoms with E-state index in [4.69, 9.17) is 9.40 Å². The normalized spacial score (nSPS) is 16.6. The molecule has 1 aliphatic rings. The summed E-state index contributed by atoms with van der Waals surface area (Å²) in [6, 6.07) is 7.67. The van der Waals surface area contributed by atoms with Gasteiger partial charge in [0.15, 0.2) is 5.89 Å². The molecule has 1 aromatic carbocycles. The number of oxazole rings is 1. The van der Waals surface area contributed by atoms with Gasteiger partial charge in [0.25, 0.3) is 5.91 Å². The Labute approximate surface area is 171 Å². The maximum absolute atomic E-state index is 13.5. The van der Waals surface area contributed by atoms with Crippen molar-refractivity contribution in [3.05, 3.63) is 64.3 Å². The molecule has 1 aliphatic heterocycles. The van der Waals surface area contributed by atoms with E-state index in [1.807, 2.05) is 49.9 Å². The highest BCUT2D eigenvalue weighted by Gasteiger charge is 2.38. The number of aromatic nitrogens is 4. The first-order valence-corrected chi connectivity index (χ1v) is 10.5. The third-order valence-corrected chi connectivity index (χ3v) is 6.32. The van der Waals surface area contributed by atoms with Crippen LogP contribution in [0.25, 0.3) is 10.2 Å². The highest BCUT2D eigenvalue weighted by molar-refractivity contribution is 7.18. The zero-order valence-electron chi connectivity index (χ0n) is 16.5. The number of nitrogens with one attached hydrogen (secondary N) is 1. The molecule has 4 aromatic rings. The van der Waals surface area contributed by atoms with Crippen molar-refractivity contribution >= 4 is 27.5 Å². The lowest BCUT2D eigenvalue weighted by molar-refractivity contribution is 0.0654. The van der Waals surface area contributed by atoms with Gasteiger partial charge in [0.05, 0.1) is 27.9 Å². The van der Waals surface area contributed by atoms with Crippen molar-refractivity contribution in [2.45, 2.75) is 39.2 Å². The number of nitrogens with zero attached hydrogens (tertiary/aromatic N) is 4. The summed E-state index contributed by atoms with van der Waals surface area (Å²) in [5, 5.41) is 0.855. The Hall–Kier alpha value is -3.00. The molecular weight excluding hydrogens is 386 g/mol. The van der Waals surface area contributed by atoms with Gasteiger partial charge in [0.1, 0.15) is 11.0 Å². The molecule has 8 heteroatoms. The van der Waals surface area contributed by atoms with Gasteiger partial charge in [-0.25, -0.2) is 15.0 Å². The predicted octanol–water partition coefficient (Wildman–Crippen LogP) is 4.23. The maximum Gasteiger partial charge on any atom is 0.292 e. The second-order valence-electron chi connectivity index (χ2n) is 7.56. The van der Waals surface area contributed by atoms with Crippen LogP contribution in [0.4, 0.5) is 0 Å². The van der Waals surface area contributed by atoms with Gasteiger partial charge in [-0.15, -0.1) is 11.3 Å². The molecule has 0 fully saturated rings. The number of carbonyl (C=O) groups excluding carboxylic acids is 1. The van der Waals surface area contributed by atoms with Crippen molar-refractivity contribution in [3.63, 3.8) is 0 Å². The predicted molar refractivity (Wildman–Crippen MR) is 110 cm³/mol. The Kier molecular flexibility index (Phi) is 4.24. The van der Waals surface area contributed by atoms with Crippen LogP contribution in [0.5, 0.6) is 0 Å². The number of aryl methyl sites for hydroxylation is 1. The van der Waals surface area contributed by atoms with Gasteiger partial charge in [-0.3, -0.25) is 4.79 Å². The summed E-state index contributed by atoms with van der Waals surface area (Å²) in [4.78, 5) is 32.4. The highest BCUT2D eigenvalue weighted by Crippen LogP contribution is 2.38. The van der Waals surface area contributed by atoms with E-state index >= 15 is 0 Å². The number of hydrogen-bond donors (Lipinski definition) is 1. The van der Waals surface area contributed by atoms with E-state index in [-0.39, 0.29) is 17.9 Å². The van der Waals surface area contributed by atoms with Gasteiger partial charge in [0.2, 0.25) is 5.76 Å². The molecule has 7 nitrogen and oxygen atoms in total. The van der Waals surface area contributed by atoms with E-state index < -0.39 is 0 Å². The number of para-hydroxylation sites is 1. The van der Waals surface area contributed by atoms with Crippen LogP contribution in [0.3, 0.4) is 0 Å². The van der Waals surface area contributed by atoms with E-state index in [0.717, 1.165) is 26.6 Å². The summed E-state index contributed by atoms with van der Waals surface area (Å²) >= 11 is 1.60. The number of benzene rings is 1. The number of H-pyrrole nitrogens is 1. The number of thiazole rings is 1. The standard InChI is InChI=1S/C21H21N5O2S/c1-11(2)19-24-12(3)18(28-19)21(27)26-9-8-14-16(23-10-22-14)17(26)20-25-13-6-4-5-7-15(13)29-20/h4-7,10-11,17H,8-9H2,1-3H3,(H,22,23)/t17-/m0/s1. The molecule has 29 heavy (non-hydrogen) atoms. The number of hydrogen-bond acceptors (Lipinski definition) is 6. The van der Waals surface area contributed by atoms with Crippen LogP contribution in [0, 0.1) is 6.92 Å². The van der Waals surface area contributed by atoms with E-state index in [9.17, 15) is 4.79 Å². The van der Waals surface area contributed by atoms with Gasteiger partial charge in [-0.1, -0.05) is 26.0 Å². The van der Waals surface area contributed by atoms with Crippen LogP contribution in [0.1, 0.15) is 64.3 Å². The molecule has 1 amide bonds. The quantitative estimate of drug-likeness (QED) is 0.549. The minimum Gasteiger partial charge on any atom is -0.435 e. The van der Waals surface area contributed by atoms with E-state index in [0.29, 0.717) is 30.3 Å². The van der Waals surface area contributed by atoms with Gasteiger partial charge < -0.3 is 14.3 Å². The molecular formula is C21H21N5O2S. The van der Waals surface area contributed by atoms with Crippen LogP contribution in [-0.2, 0) is 6.42 Å². The summed E-state index contributed by atoms with van der Waals surface area (Å²) < 4.78 is 6.95. The fraction of sp³-hybridized carbons (Fsp3) is 0.333. The summed E-state index contributed by atoms with van der Waals surface area (Å²) in [7, 11) is 0. The first-order chi connectivity index (χ1) is 14.0. The number of aromatic amines is 1. The number of rotatable bonds is 3. The van der Waals surface area contributed by atoms with Crippen molar-refractivity contribution in [3.8, 4) is 0 Å². The molecule has 0 radical (unpaired) electrons. The SMILES string of the molecule is Cc1nc(C(C)C)oc1C(=O)N1CCc2[nH]cnc2[C@H]1c1nc2ccccc2s1. The van der Waals surface area contributed by atoms with E-state index in [2.05, 4.69) is 15.0 Å². The minimum absolute atomic E-state index is 0.120. The summed E-state index contributed by atoms with van der Waals surface area (Å²) in [6.45, 7) is 6.38.